The number of hydrogen-bond acceptors (Lipinski definition) is 5. The SMILES string of the molecule is C[Si](C)(C)CCOCn1nccc1-c1ccc(Cc2ccc([N+](=O)[O-])c(N)c2)cc1. The summed E-state index contributed by atoms with van der Waals surface area (Å²) in [5.74, 6) is 0. The molecule has 2 N–H and O–H groups in total. The molecule has 3 rings (SSSR count). The molecule has 0 radical (unpaired) electrons. The first-order valence-electron chi connectivity index (χ1n) is 9.94. The van der Waals surface area contributed by atoms with E-state index in [1.807, 2.05) is 10.7 Å². The molecule has 2 aromatic carbocycles. The maximum atomic E-state index is 10.9. The quantitative estimate of drug-likeness (QED) is 0.172. The Balaban J connectivity index is 1.64. The monoisotopic (exact) mass is 424 g/mol. The van der Waals surface area contributed by atoms with Crippen molar-refractivity contribution in [1.82, 2.24) is 9.78 Å². The summed E-state index contributed by atoms with van der Waals surface area (Å²) in [5, 5.41) is 15.3. The van der Waals surface area contributed by atoms with Crippen molar-refractivity contribution in [1.29, 1.82) is 0 Å². The van der Waals surface area contributed by atoms with E-state index in [9.17, 15) is 10.1 Å². The Hall–Kier alpha value is -2.97. The number of aromatic nitrogens is 2. The van der Waals surface area contributed by atoms with Gasteiger partial charge in [-0.25, -0.2) is 4.68 Å². The van der Waals surface area contributed by atoms with Crippen LogP contribution >= 0.6 is 0 Å². The van der Waals surface area contributed by atoms with Gasteiger partial charge in [0.1, 0.15) is 12.4 Å². The molecular weight excluding hydrogens is 396 g/mol. The summed E-state index contributed by atoms with van der Waals surface area (Å²) < 4.78 is 7.70. The first kappa shape index (κ1) is 21.7. The van der Waals surface area contributed by atoms with Gasteiger partial charge in [-0.15, -0.1) is 0 Å². The van der Waals surface area contributed by atoms with E-state index in [0.717, 1.165) is 35.0 Å². The van der Waals surface area contributed by atoms with Gasteiger partial charge in [0.25, 0.3) is 5.69 Å². The van der Waals surface area contributed by atoms with Gasteiger partial charge < -0.3 is 10.5 Å². The summed E-state index contributed by atoms with van der Waals surface area (Å²) in [6.07, 6.45) is 2.44. The van der Waals surface area contributed by atoms with Crippen molar-refractivity contribution < 1.29 is 9.66 Å². The minimum Gasteiger partial charge on any atom is -0.393 e. The summed E-state index contributed by atoms with van der Waals surface area (Å²) in [6.45, 7) is 8.20. The summed E-state index contributed by atoms with van der Waals surface area (Å²) in [5.41, 5.74) is 10.0. The van der Waals surface area contributed by atoms with Crippen LogP contribution in [0.4, 0.5) is 11.4 Å². The van der Waals surface area contributed by atoms with Crippen LogP contribution in [0.3, 0.4) is 0 Å². The molecule has 158 valence electrons. The highest BCUT2D eigenvalue weighted by Gasteiger charge is 2.13. The third kappa shape index (κ3) is 5.77. The minimum atomic E-state index is -1.10. The van der Waals surface area contributed by atoms with Gasteiger partial charge in [0.05, 0.1) is 10.6 Å². The van der Waals surface area contributed by atoms with Crippen LogP contribution in [0.5, 0.6) is 0 Å². The molecule has 0 unspecified atom stereocenters. The van der Waals surface area contributed by atoms with Gasteiger partial charge in [-0.05, 0) is 41.3 Å². The van der Waals surface area contributed by atoms with Crippen molar-refractivity contribution >= 4 is 19.4 Å². The number of nitro groups is 1. The second kappa shape index (κ2) is 9.23. The first-order valence-corrected chi connectivity index (χ1v) is 13.7. The molecule has 0 spiro atoms. The van der Waals surface area contributed by atoms with Crippen LogP contribution in [-0.4, -0.2) is 29.4 Å². The third-order valence-electron chi connectivity index (χ3n) is 4.87. The normalized spacial score (nSPS) is 11.6. The number of rotatable bonds is 9. The number of anilines is 1. The molecule has 0 amide bonds. The Morgan fingerprint density at radius 2 is 1.80 bits per heavy atom. The molecule has 0 bridgehead atoms. The Labute approximate surface area is 177 Å². The van der Waals surface area contributed by atoms with E-state index in [1.165, 1.54) is 6.07 Å². The average molecular weight is 425 g/mol. The van der Waals surface area contributed by atoms with E-state index < -0.39 is 13.0 Å². The van der Waals surface area contributed by atoms with E-state index in [-0.39, 0.29) is 11.4 Å². The summed E-state index contributed by atoms with van der Waals surface area (Å²) in [6, 6.07) is 16.2. The highest BCUT2D eigenvalue weighted by molar-refractivity contribution is 6.76. The summed E-state index contributed by atoms with van der Waals surface area (Å²) >= 11 is 0. The molecule has 0 aliphatic rings. The molecule has 1 aromatic heterocycles. The molecule has 30 heavy (non-hydrogen) atoms. The molecule has 0 atom stereocenters. The van der Waals surface area contributed by atoms with Gasteiger partial charge >= 0.3 is 0 Å². The molecular formula is C22H28N4O3Si. The van der Waals surface area contributed by atoms with Crippen molar-refractivity contribution in [2.24, 2.45) is 0 Å². The second-order valence-corrected chi connectivity index (χ2v) is 14.2. The molecule has 0 saturated carbocycles. The number of nitro benzene ring substituents is 1. The van der Waals surface area contributed by atoms with E-state index in [1.54, 1.807) is 18.3 Å². The fourth-order valence-electron chi connectivity index (χ4n) is 3.12. The van der Waals surface area contributed by atoms with Crippen molar-refractivity contribution in [3.63, 3.8) is 0 Å². The standard InChI is InChI=1S/C22H28N4O3Si/c1-30(2,3)13-12-29-16-25-21(10-11-24-25)19-7-4-17(5-8-19)14-18-6-9-22(26(27)28)20(23)15-18/h4-11,15H,12-14,16,23H2,1-3H3. The van der Waals surface area contributed by atoms with Gasteiger partial charge in [-0.1, -0.05) is 50.0 Å². The predicted molar refractivity (Wildman–Crippen MR) is 122 cm³/mol. The number of nitrogens with two attached hydrogens (primary N) is 1. The molecule has 3 aromatic rings. The van der Waals surface area contributed by atoms with E-state index in [4.69, 9.17) is 10.5 Å². The Morgan fingerprint density at radius 3 is 2.43 bits per heavy atom. The largest absolute Gasteiger partial charge is 0.393 e. The average Bonchev–Trinajstić information content (AvgIpc) is 3.13. The molecule has 0 aliphatic heterocycles. The van der Waals surface area contributed by atoms with Crippen molar-refractivity contribution in [3.05, 3.63) is 76.0 Å². The fraction of sp³-hybridized carbons (Fsp3) is 0.318. The van der Waals surface area contributed by atoms with Crippen LogP contribution in [0.15, 0.2) is 54.7 Å². The smallest absolute Gasteiger partial charge is 0.292 e. The van der Waals surface area contributed by atoms with E-state index in [2.05, 4.69) is 49.0 Å². The predicted octanol–water partition coefficient (Wildman–Crippen LogP) is 4.94. The maximum absolute atomic E-state index is 10.9. The highest BCUT2D eigenvalue weighted by Crippen LogP contribution is 2.25. The van der Waals surface area contributed by atoms with Crippen LogP contribution < -0.4 is 5.73 Å². The Morgan fingerprint density at radius 1 is 1.10 bits per heavy atom. The number of benzene rings is 2. The highest BCUT2D eigenvalue weighted by atomic mass is 28.3. The van der Waals surface area contributed by atoms with E-state index >= 15 is 0 Å². The molecule has 0 fully saturated rings. The Kier molecular flexibility index (Phi) is 6.68. The first-order chi connectivity index (χ1) is 14.2. The van der Waals surface area contributed by atoms with Gasteiger partial charge in [0.15, 0.2) is 0 Å². The van der Waals surface area contributed by atoms with Crippen molar-refractivity contribution in [2.45, 2.75) is 38.8 Å². The zero-order chi connectivity index (χ0) is 21.7. The lowest BCUT2D eigenvalue weighted by Gasteiger charge is -2.16. The molecule has 8 heteroatoms. The zero-order valence-electron chi connectivity index (χ0n) is 17.7. The van der Waals surface area contributed by atoms with Gasteiger partial charge in [-0.3, -0.25) is 10.1 Å². The van der Waals surface area contributed by atoms with E-state index in [0.29, 0.717) is 13.2 Å². The summed E-state index contributed by atoms with van der Waals surface area (Å²) in [4.78, 5) is 10.4. The van der Waals surface area contributed by atoms with Crippen LogP contribution in [0.1, 0.15) is 11.1 Å². The van der Waals surface area contributed by atoms with Gasteiger partial charge in [-0.2, -0.15) is 5.10 Å². The molecule has 1 heterocycles. The zero-order valence-corrected chi connectivity index (χ0v) is 18.7. The molecule has 0 aliphatic carbocycles. The second-order valence-electron chi connectivity index (χ2n) is 8.59. The minimum absolute atomic E-state index is 0.0607. The third-order valence-corrected chi connectivity index (χ3v) is 6.58. The van der Waals surface area contributed by atoms with Crippen LogP contribution in [0.2, 0.25) is 25.7 Å². The van der Waals surface area contributed by atoms with Gasteiger partial charge in [0, 0.05) is 26.9 Å². The lowest BCUT2D eigenvalue weighted by atomic mass is 10.0. The van der Waals surface area contributed by atoms with Gasteiger partial charge in [0.2, 0.25) is 0 Å². The molecule has 7 nitrogen and oxygen atoms in total. The van der Waals surface area contributed by atoms with Crippen LogP contribution in [0, 0.1) is 10.1 Å². The number of ether oxygens (including phenoxy) is 1. The number of nitrogen functional groups attached to an aromatic ring is 1. The lowest BCUT2D eigenvalue weighted by Crippen LogP contribution is -2.22. The number of nitrogens with zero attached hydrogens (tertiary/aromatic N) is 3. The van der Waals surface area contributed by atoms with Crippen LogP contribution in [-0.2, 0) is 17.9 Å². The maximum Gasteiger partial charge on any atom is 0.292 e. The topological polar surface area (TPSA) is 96.2 Å². The summed E-state index contributed by atoms with van der Waals surface area (Å²) in [7, 11) is -1.10. The fourth-order valence-corrected chi connectivity index (χ4v) is 3.88. The van der Waals surface area contributed by atoms with Crippen molar-refractivity contribution in [3.8, 4) is 11.3 Å². The lowest BCUT2D eigenvalue weighted by molar-refractivity contribution is -0.383. The van der Waals surface area contributed by atoms with Crippen molar-refractivity contribution in [2.75, 3.05) is 12.3 Å². The van der Waals surface area contributed by atoms with Crippen LogP contribution in [0.25, 0.3) is 11.3 Å². The Bertz CT molecular complexity index is 1010. The number of hydrogen-bond donors (Lipinski definition) is 1. The molecule has 0 saturated heterocycles.